The second kappa shape index (κ2) is 9.92. The van der Waals surface area contributed by atoms with E-state index in [2.05, 4.69) is 26.0 Å². The van der Waals surface area contributed by atoms with Crippen LogP contribution in [-0.4, -0.2) is 50.9 Å². The number of nitrogens with one attached hydrogen (secondary N) is 3. The van der Waals surface area contributed by atoms with Crippen LogP contribution in [0.5, 0.6) is 0 Å². The predicted octanol–water partition coefficient (Wildman–Crippen LogP) is 3.38. The molecule has 0 spiro atoms. The Balaban J connectivity index is 1.13. The van der Waals surface area contributed by atoms with Gasteiger partial charge in [-0.05, 0) is 31.7 Å². The van der Waals surface area contributed by atoms with E-state index in [4.69, 9.17) is 0 Å². The minimum atomic E-state index is -0.503. The second-order valence-electron chi connectivity index (χ2n) is 9.03. The summed E-state index contributed by atoms with van der Waals surface area (Å²) in [5, 5.41) is 10.1. The van der Waals surface area contributed by atoms with Crippen molar-refractivity contribution in [3.05, 3.63) is 46.0 Å². The van der Waals surface area contributed by atoms with E-state index >= 15 is 0 Å². The highest BCUT2D eigenvalue weighted by atomic mass is 32.1. The van der Waals surface area contributed by atoms with Gasteiger partial charge in [-0.3, -0.25) is 30.3 Å². The van der Waals surface area contributed by atoms with Crippen molar-refractivity contribution in [2.24, 2.45) is 5.92 Å². The number of fused-ring (bicyclic) bond motifs is 1. The fourth-order valence-electron chi connectivity index (χ4n) is 4.91. The largest absolute Gasteiger partial charge is 0.342 e. The highest BCUT2D eigenvalue weighted by Crippen LogP contribution is 2.32. The summed E-state index contributed by atoms with van der Waals surface area (Å²) in [7, 11) is 0. The van der Waals surface area contributed by atoms with E-state index in [0.717, 1.165) is 62.1 Å². The molecular weight excluding hydrogens is 452 g/mol. The van der Waals surface area contributed by atoms with E-state index in [9.17, 15) is 14.4 Å². The lowest BCUT2D eigenvalue weighted by Gasteiger charge is -2.34. The quantitative estimate of drug-likeness (QED) is 0.495. The topological polar surface area (TPSA) is 120 Å². The summed E-state index contributed by atoms with van der Waals surface area (Å²) in [5.41, 5.74) is 6.07. The molecule has 2 fully saturated rings. The van der Waals surface area contributed by atoms with Crippen molar-refractivity contribution in [1.82, 2.24) is 30.9 Å². The number of H-pyrrole nitrogens is 1. The van der Waals surface area contributed by atoms with Gasteiger partial charge in [-0.1, -0.05) is 37.5 Å². The highest BCUT2D eigenvalue weighted by molar-refractivity contribution is 7.09. The molecule has 0 radical (unpaired) electrons. The van der Waals surface area contributed by atoms with Gasteiger partial charge in [0.05, 0.1) is 10.5 Å². The highest BCUT2D eigenvalue weighted by Gasteiger charge is 2.30. The third-order valence-corrected chi connectivity index (χ3v) is 7.85. The Morgan fingerprint density at radius 2 is 1.71 bits per heavy atom. The third-order valence-electron chi connectivity index (χ3n) is 6.84. The first-order valence-electron chi connectivity index (χ1n) is 11.9. The molecule has 1 saturated carbocycles. The van der Waals surface area contributed by atoms with Gasteiger partial charge in [0.2, 0.25) is 5.91 Å². The van der Waals surface area contributed by atoms with Crippen LogP contribution in [0.15, 0.2) is 29.6 Å². The zero-order valence-electron chi connectivity index (χ0n) is 18.9. The van der Waals surface area contributed by atoms with Crippen molar-refractivity contribution in [1.29, 1.82) is 0 Å². The first-order valence-corrected chi connectivity index (χ1v) is 12.8. The van der Waals surface area contributed by atoms with Crippen LogP contribution in [0, 0.1) is 5.92 Å². The number of carbonyl (C=O) groups excluding carboxylic acids is 3. The van der Waals surface area contributed by atoms with Gasteiger partial charge in [0.15, 0.2) is 5.69 Å². The molecule has 0 bridgehead atoms. The molecule has 3 amide bonds. The Morgan fingerprint density at radius 1 is 0.971 bits per heavy atom. The van der Waals surface area contributed by atoms with E-state index < -0.39 is 11.8 Å². The maximum atomic E-state index is 12.8. The Morgan fingerprint density at radius 3 is 2.50 bits per heavy atom. The van der Waals surface area contributed by atoms with Crippen molar-refractivity contribution in [2.75, 3.05) is 13.1 Å². The molecule has 5 rings (SSSR count). The Kier molecular flexibility index (Phi) is 6.57. The zero-order valence-corrected chi connectivity index (χ0v) is 19.7. The Hall–Kier alpha value is -3.27. The molecule has 1 aromatic carbocycles. The van der Waals surface area contributed by atoms with Crippen LogP contribution in [0.2, 0.25) is 0 Å². The molecule has 3 aromatic rings. The number of rotatable bonds is 4. The standard InChI is InChI=1S/C24H28N6O3S/c31-21(28-29-22(32)20-17-8-4-5-9-18(17)26-27-20)19-14-34-23(25-19)15-10-12-30(13-11-15)24(33)16-6-2-1-3-7-16/h4-5,8-9,14-16H,1-3,6-7,10-13H2,(H,26,27)(H,28,31)(H,29,32). The lowest BCUT2D eigenvalue weighted by atomic mass is 9.87. The average Bonchev–Trinajstić information content (AvgIpc) is 3.55. The summed E-state index contributed by atoms with van der Waals surface area (Å²) in [4.78, 5) is 44.3. The summed E-state index contributed by atoms with van der Waals surface area (Å²) in [6, 6.07) is 7.28. The minimum absolute atomic E-state index is 0.204. The number of benzene rings is 1. The lowest BCUT2D eigenvalue weighted by Crippen LogP contribution is -2.42. The number of likely N-dealkylation sites (tertiary alicyclic amines) is 1. The molecule has 3 heterocycles. The number of carbonyl (C=O) groups is 3. The molecular formula is C24H28N6O3S. The van der Waals surface area contributed by atoms with Gasteiger partial charge in [0.1, 0.15) is 5.69 Å². The zero-order chi connectivity index (χ0) is 23.5. The number of hydrogen-bond donors (Lipinski definition) is 3. The monoisotopic (exact) mass is 480 g/mol. The van der Waals surface area contributed by atoms with Crippen LogP contribution < -0.4 is 10.9 Å². The average molecular weight is 481 g/mol. The molecule has 0 atom stereocenters. The molecule has 10 heteroatoms. The molecule has 34 heavy (non-hydrogen) atoms. The molecule has 1 aliphatic heterocycles. The van der Waals surface area contributed by atoms with Crippen LogP contribution in [0.1, 0.15) is 76.8 Å². The van der Waals surface area contributed by atoms with Crippen LogP contribution in [0.4, 0.5) is 0 Å². The smallest absolute Gasteiger partial charge is 0.290 e. The van der Waals surface area contributed by atoms with Crippen LogP contribution >= 0.6 is 11.3 Å². The number of aromatic nitrogens is 3. The lowest BCUT2D eigenvalue weighted by molar-refractivity contribution is -0.137. The van der Waals surface area contributed by atoms with Gasteiger partial charge in [-0.2, -0.15) is 5.10 Å². The number of aromatic amines is 1. The summed E-state index contributed by atoms with van der Waals surface area (Å²) >= 11 is 1.45. The van der Waals surface area contributed by atoms with Crippen molar-refractivity contribution in [3.63, 3.8) is 0 Å². The van der Waals surface area contributed by atoms with Crippen molar-refractivity contribution in [3.8, 4) is 0 Å². The van der Waals surface area contributed by atoms with Gasteiger partial charge in [-0.25, -0.2) is 4.98 Å². The SMILES string of the molecule is O=C(NNC(=O)c1n[nH]c2ccccc12)c1csc(C2CCN(C(=O)C3CCCCC3)CC2)n1. The Labute approximate surface area is 201 Å². The number of amides is 3. The van der Waals surface area contributed by atoms with E-state index in [1.54, 1.807) is 11.4 Å². The minimum Gasteiger partial charge on any atom is -0.342 e. The van der Waals surface area contributed by atoms with Crippen LogP contribution in [-0.2, 0) is 4.79 Å². The molecule has 3 N–H and O–H groups in total. The molecule has 0 unspecified atom stereocenters. The first-order chi connectivity index (χ1) is 16.6. The van der Waals surface area contributed by atoms with Crippen LogP contribution in [0.25, 0.3) is 10.9 Å². The molecule has 1 saturated heterocycles. The number of hydrazine groups is 1. The van der Waals surface area contributed by atoms with E-state index in [1.165, 1.54) is 17.8 Å². The van der Waals surface area contributed by atoms with Crippen molar-refractivity contribution >= 4 is 40.0 Å². The number of para-hydroxylation sites is 1. The van der Waals surface area contributed by atoms with Gasteiger partial charge in [0, 0.05) is 35.7 Å². The normalized spacial score (nSPS) is 17.6. The summed E-state index contributed by atoms with van der Waals surface area (Å²) in [6.45, 7) is 1.49. The summed E-state index contributed by atoms with van der Waals surface area (Å²) < 4.78 is 0. The molecule has 2 aliphatic rings. The fourth-order valence-corrected chi connectivity index (χ4v) is 5.88. The maximum Gasteiger partial charge on any atom is 0.290 e. The molecule has 9 nitrogen and oxygen atoms in total. The first kappa shape index (κ1) is 22.5. The molecule has 2 aromatic heterocycles. The van der Waals surface area contributed by atoms with Gasteiger partial charge >= 0.3 is 0 Å². The van der Waals surface area contributed by atoms with E-state index in [0.29, 0.717) is 11.3 Å². The van der Waals surface area contributed by atoms with E-state index in [-0.39, 0.29) is 23.2 Å². The van der Waals surface area contributed by atoms with Gasteiger partial charge in [0.25, 0.3) is 11.8 Å². The summed E-state index contributed by atoms with van der Waals surface area (Å²) in [5.74, 6) is -0.211. The Bertz CT molecular complexity index is 1190. The van der Waals surface area contributed by atoms with Gasteiger partial charge < -0.3 is 4.90 Å². The maximum absolute atomic E-state index is 12.8. The van der Waals surface area contributed by atoms with Gasteiger partial charge in [-0.15, -0.1) is 11.3 Å². The third kappa shape index (κ3) is 4.68. The van der Waals surface area contributed by atoms with Crippen molar-refractivity contribution < 1.29 is 14.4 Å². The predicted molar refractivity (Wildman–Crippen MR) is 128 cm³/mol. The number of hydrogen-bond acceptors (Lipinski definition) is 6. The molecule has 178 valence electrons. The summed E-state index contributed by atoms with van der Waals surface area (Å²) in [6.07, 6.45) is 7.33. The fraction of sp³-hybridized carbons (Fsp3) is 0.458. The number of piperidine rings is 1. The second-order valence-corrected chi connectivity index (χ2v) is 9.92. The van der Waals surface area contributed by atoms with Crippen LogP contribution in [0.3, 0.4) is 0 Å². The number of thiazole rings is 1. The number of nitrogens with zero attached hydrogens (tertiary/aromatic N) is 3. The van der Waals surface area contributed by atoms with Crippen molar-refractivity contribution in [2.45, 2.75) is 50.9 Å². The van der Waals surface area contributed by atoms with E-state index in [1.807, 2.05) is 23.1 Å². The molecule has 1 aliphatic carbocycles.